The predicted molar refractivity (Wildman–Crippen MR) is 110 cm³/mol. The average molecular weight is 394 g/mol. The second-order valence-electron chi connectivity index (χ2n) is 8.08. The molecule has 1 fully saturated rings. The minimum atomic E-state index is 0.0421. The fourth-order valence-electron chi connectivity index (χ4n) is 5.04. The van der Waals surface area contributed by atoms with E-state index in [1.54, 1.807) is 18.7 Å². The lowest BCUT2D eigenvalue weighted by molar-refractivity contribution is 0.183. The Bertz CT molecular complexity index is 1110. The number of fused-ring (bicyclic) bond motifs is 4. The summed E-state index contributed by atoms with van der Waals surface area (Å²) in [4.78, 5) is 20.5. The zero-order chi connectivity index (χ0) is 20.1. The van der Waals surface area contributed by atoms with E-state index in [1.807, 2.05) is 31.2 Å². The topological polar surface area (TPSA) is 71.9 Å². The fourth-order valence-corrected chi connectivity index (χ4v) is 5.04. The molecule has 3 aromatic rings. The van der Waals surface area contributed by atoms with Gasteiger partial charge in [0, 0.05) is 42.4 Å². The summed E-state index contributed by atoms with van der Waals surface area (Å²) >= 11 is 0. The van der Waals surface area contributed by atoms with E-state index in [2.05, 4.69) is 10.00 Å². The fraction of sp³-hybridized carbons (Fsp3) is 0.455. The second kappa shape index (κ2) is 6.91. The van der Waals surface area contributed by atoms with Crippen LogP contribution in [0, 0.1) is 6.92 Å². The SMILES string of the molecule is COc1cccc(OC)c1CN1[C@@H]2CC[C@H]1Cc1nc3cc(C)[nH]n3c(=O)c1C2. The van der Waals surface area contributed by atoms with Crippen molar-refractivity contribution >= 4 is 5.65 Å². The molecule has 0 radical (unpaired) electrons. The van der Waals surface area contributed by atoms with Crippen molar-refractivity contribution in [2.45, 2.75) is 51.2 Å². The molecule has 152 valence electrons. The van der Waals surface area contributed by atoms with Crippen molar-refractivity contribution in [2.24, 2.45) is 0 Å². The number of H-pyrrole nitrogens is 1. The van der Waals surface area contributed by atoms with Gasteiger partial charge in [-0.1, -0.05) is 6.07 Å². The number of nitrogens with zero attached hydrogens (tertiary/aromatic N) is 3. The zero-order valence-corrected chi connectivity index (χ0v) is 17.1. The molecule has 0 aliphatic carbocycles. The lowest BCUT2D eigenvalue weighted by Crippen LogP contribution is -2.36. The summed E-state index contributed by atoms with van der Waals surface area (Å²) in [5.41, 5.74) is 4.57. The number of nitrogens with one attached hydrogen (secondary N) is 1. The van der Waals surface area contributed by atoms with Crippen LogP contribution >= 0.6 is 0 Å². The summed E-state index contributed by atoms with van der Waals surface area (Å²) in [5, 5.41) is 3.12. The molecular formula is C22H26N4O3. The first-order chi connectivity index (χ1) is 14.1. The minimum absolute atomic E-state index is 0.0421. The van der Waals surface area contributed by atoms with Crippen LogP contribution in [0.4, 0.5) is 0 Å². The van der Waals surface area contributed by atoms with Gasteiger partial charge in [-0.25, -0.2) is 9.50 Å². The van der Waals surface area contributed by atoms with Crippen molar-refractivity contribution in [3.8, 4) is 11.5 Å². The van der Waals surface area contributed by atoms with E-state index >= 15 is 0 Å². The third kappa shape index (κ3) is 2.92. The first kappa shape index (κ1) is 18.2. The highest BCUT2D eigenvalue weighted by Gasteiger charge is 2.39. The smallest absolute Gasteiger partial charge is 0.276 e. The van der Waals surface area contributed by atoms with Gasteiger partial charge in [0.25, 0.3) is 5.56 Å². The van der Waals surface area contributed by atoms with Gasteiger partial charge >= 0.3 is 0 Å². The molecule has 7 heteroatoms. The summed E-state index contributed by atoms with van der Waals surface area (Å²) in [7, 11) is 3.39. The quantitative estimate of drug-likeness (QED) is 0.736. The van der Waals surface area contributed by atoms with E-state index in [1.165, 1.54) is 0 Å². The number of ether oxygens (including phenoxy) is 2. The third-order valence-electron chi connectivity index (χ3n) is 6.43. The molecule has 2 atom stereocenters. The van der Waals surface area contributed by atoms with Crippen LogP contribution in [0.3, 0.4) is 0 Å². The molecule has 2 aromatic heterocycles. The Hall–Kier alpha value is -2.80. The Kier molecular flexibility index (Phi) is 4.35. The molecular weight excluding hydrogens is 368 g/mol. The first-order valence-electron chi connectivity index (χ1n) is 10.1. The number of aromatic amines is 1. The van der Waals surface area contributed by atoms with E-state index in [0.717, 1.165) is 66.2 Å². The highest BCUT2D eigenvalue weighted by atomic mass is 16.5. The number of methoxy groups -OCH3 is 2. The maximum Gasteiger partial charge on any atom is 0.276 e. The van der Waals surface area contributed by atoms with Gasteiger partial charge in [0.05, 0.1) is 25.5 Å². The van der Waals surface area contributed by atoms with Crippen molar-refractivity contribution in [1.82, 2.24) is 19.5 Å². The summed E-state index contributed by atoms with van der Waals surface area (Å²) < 4.78 is 12.8. The molecule has 2 aliphatic heterocycles. The molecule has 0 amide bonds. The molecule has 0 saturated carbocycles. The molecule has 0 spiro atoms. The van der Waals surface area contributed by atoms with E-state index in [0.29, 0.717) is 17.7 Å². The van der Waals surface area contributed by atoms with Crippen LogP contribution in [0.25, 0.3) is 5.65 Å². The van der Waals surface area contributed by atoms with Gasteiger partial charge in [-0.05, 0) is 38.3 Å². The van der Waals surface area contributed by atoms with Crippen molar-refractivity contribution in [2.75, 3.05) is 14.2 Å². The van der Waals surface area contributed by atoms with E-state index in [-0.39, 0.29) is 5.56 Å². The van der Waals surface area contributed by atoms with E-state index < -0.39 is 0 Å². The molecule has 7 nitrogen and oxygen atoms in total. The highest BCUT2D eigenvalue weighted by molar-refractivity contribution is 5.45. The number of aryl methyl sites for hydroxylation is 1. The van der Waals surface area contributed by atoms with Crippen LogP contribution in [0.2, 0.25) is 0 Å². The van der Waals surface area contributed by atoms with Gasteiger partial charge in [-0.3, -0.25) is 14.8 Å². The number of hydrogen-bond donors (Lipinski definition) is 1. The maximum absolute atomic E-state index is 13.1. The molecule has 1 saturated heterocycles. The van der Waals surface area contributed by atoms with Crippen molar-refractivity contribution in [3.05, 3.63) is 57.1 Å². The Balaban J connectivity index is 1.53. The van der Waals surface area contributed by atoms with Gasteiger partial charge in [0.15, 0.2) is 5.65 Å². The Morgan fingerprint density at radius 2 is 1.83 bits per heavy atom. The first-order valence-corrected chi connectivity index (χ1v) is 10.1. The molecule has 29 heavy (non-hydrogen) atoms. The van der Waals surface area contributed by atoms with E-state index in [4.69, 9.17) is 14.5 Å². The summed E-state index contributed by atoms with van der Waals surface area (Å²) in [6, 6.07) is 8.52. The normalized spacial score (nSPS) is 21.2. The van der Waals surface area contributed by atoms with Crippen molar-refractivity contribution in [1.29, 1.82) is 0 Å². The highest BCUT2D eigenvalue weighted by Crippen LogP contribution is 2.37. The Morgan fingerprint density at radius 3 is 2.52 bits per heavy atom. The average Bonchev–Trinajstić information content (AvgIpc) is 3.22. The largest absolute Gasteiger partial charge is 0.496 e. The maximum atomic E-state index is 13.1. The van der Waals surface area contributed by atoms with E-state index in [9.17, 15) is 4.79 Å². The third-order valence-corrected chi connectivity index (χ3v) is 6.43. The summed E-state index contributed by atoms with van der Waals surface area (Å²) in [6.07, 6.45) is 3.75. The van der Waals surface area contributed by atoms with Gasteiger partial charge < -0.3 is 9.47 Å². The van der Waals surface area contributed by atoms with Crippen LogP contribution in [-0.2, 0) is 19.4 Å². The summed E-state index contributed by atoms with van der Waals surface area (Å²) in [6.45, 7) is 2.69. The Labute approximate surface area is 169 Å². The van der Waals surface area contributed by atoms with Gasteiger partial charge in [0.1, 0.15) is 11.5 Å². The number of hydrogen-bond acceptors (Lipinski definition) is 5. The standard InChI is InChI=1S/C22H26N4O3/c1-13-9-21-23-18-11-15-8-7-14(10-16(18)22(27)26(21)24-13)25(15)12-17-19(28-2)5-4-6-20(17)29-3/h4-6,9,14-15,24H,7-8,10-12H2,1-3H3/t14-,15+/m1/s1. The lowest BCUT2D eigenvalue weighted by atomic mass is 9.98. The molecule has 2 aliphatic rings. The number of benzene rings is 1. The van der Waals surface area contributed by atoms with Crippen LogP contribution in [0.1, 0.15) is 35.4 Å². The molecule has 0 unspecified atom stereocenters. The monoisotopic (exact) mass is 394 g/mol. The second-order valence-corrected chi connectivity index (χ2v) is 8.08. The molecule has 1 N–H and O–H groups in total. The molecule has 2 bridgehead atoms. The van der Waals surface area contributed by atoms with Gasteiger partial charge in [-0.2, -0.15) is 0 Å². The lowest BCUT2D eigenvalue weighted by Gasteiger charge is -2.29. The van der Waals surface area contributed by atoms with Crippen LogP contribution in [-0.4, -0.2) is 45.8 Å². The van der Waals surface area contributed by atoms with Gasteiger partial charge in [0.2, 0.25) is 0 Å². The van der Waals surface area contributed by atoms with Crippen molar-refractivity contribution in [3.63, 3.8) is 0 Å². The van der Waals surface area contributed by atoms with Crippen LogP contribution < -0.4 is 15.0 Å². The zero-order valence-electron chi connectivity index (χ0n) is 17.1. The number of aromatic nitrogens is 3. The Morgan fingerprint density at radius 1 is 1.14 bits per heavy atom. The molecule has 5 rings (SSSR count). The van der Waals surface area contributed by atoms with Crippen LogP contribution in [0.5, 0.6) is 11.5 Å². The van der Waals surface area contributed by atoms with Crippen LogP contribution in [0.15, 0.2) is 29.1 Å². The van der Waals surface area contributed by atoms with Crippen molar-refractivity contribution < 1.29 is 9.47 Å². The molecule has 1 aromatic carbocycles. The predicted octanol–water partition coefficient (Wildman–Crippen LogP) is 2.48. The van der Waals surface area contributed by atoms with Gasteiger partial charge in [-0.15, -0.1) is 0 Å². The number of rotatable bonds is 4. The molecule has 4 heterocycles. The minimum Gasteiger partial charge on any atom is -0.496 e. The summed E-state index contributed by atoms with van der Waals surface area (Å²) in [5.74, 6) is 1.68.